The molecule has 0 aromatic heterocycles. The first kappa shape index (κ1) is 33.2. The topological polar surface area (TPSA) is 132 Å². The van der Waals surface area contributed by atoms with E-state index in [-0.39, 0.29) is 25.6 Å². The lowest BCUT2D eigenvalue weighted by molar-refractivity contribution is -0.206. The number of carbonyl (C=O) groups excluding carboxylic acids is 5. The average Bonchev–Trinajstić information content (AvgIpc) is 3.15. The molecule has 3 atom stereocenters. The minimum Gasteiger partial charge on any atom is -0.463 e. The average molecular weight is 541 g/mol. The van der Waals surface area contributed by atoms with Crippen LogP contribution in [0.1, 0.15) is 100 Å². The molecule has 0 aliphatic heterocycles. The second kappa shape index (κ2) is 14.3. The maximum atomic E-state index is 13.9. The fraction of sp³-hybridized carbons (Fsp3) is 0.786. The summed E-state index contributed by atoms with van der Waals surface area (Å²) in [5.74, 6) is -1.83. The summed E-state index contributed by atoms with van der Waals surface area (Å²) in [7, 11) is 0. The van der Waals surface area contributed by atoms with E-state index in [2.05, 4.69) is 0 Å². The summed E-state index contributed by atoms with van der Waals surface area (Å²) in [6.45, 7) is 13.8. The Morgan fingerprint density at radius 1 is 0.947 bits per heavy atom. The van der Waals surface area contributed by atoms with E-state index in [0.717, 1.165) is 12.8 Å². The van der Waals surface area contributed by atoms with Gasteiger partial charge in [-0.3, -0.25) is 9.59 Å². The molecule has 0 bridgehead atoms. The minimum atomic E-state index is -2.76. The molecule has 0 saturated heterocycles. The van der Waals surface area contributed by atoms with Crippen LogP contribution < -0.4 is 0 Å². The van der Waals surface area contributed by atoms with Crippen molar-refractivity contribution in [3.05, 3.63) is 5.57 Å². The van der Waals surface area contributed by atoms with Crippen molar-refractivity contribution in [2.45, 2.75) is 118 Å². The standard InChI is InChI=1S/C28H44O10/c1-9-11-12-16-34-22(30)27(38-25(33)35-17-14-19(3)4)15-13-21(18-29)28(27,23(31)36-20(5)10-2)24(32)37-26(6,7)8/h19-20H,9-17H2,1-8H3. The molecule has 1 fully saturated rings. The van der Waals surface area contributed by atoms with Gasteiger partial charge in [-0.1, -0.05) is 40.5 Å². The molecule has 0 spiro atoms. The Bertz CT molecular complexity index is 896. The third-order valence-electron chi connectivity index (χ3n) is 6.29. The van der Waals surface area contributed by atoms with Gasteiger partial charge in [0.2, 0.25) is 11.0 Å². The second-order valence-electron chi connectivity index (χ2n) is 11.0. The molecule has 216 valence electrons. The second-order valence-corrected chi connectivity index (χ2v) is 11.0. The van der Waals surface area contributed by atoms with Crippen LogP contribution in [0.2, 0.25) is 0 Å². The smallest absolute Gasteiger partial charge is 0.463 e. The number of unbranched alkanes of at least 4 members (excludes halogenated alkanes) is 2. The van der Waals surface area contributed by atoms with E-state index in [0.29, 0.717) is 19.3 Å². The highest BCUT2D eigenvalue weighted by Crippen LogP contribution is 2.55. The molecule has 1 rings (SSSR count). The van der Waals surface area contributed by atoms with E-state index in [4.69, 9.17) is 23.7 Å². The van der Waals surface area contributed by atoms with Gasteiger partial charge in [-0.2, -0.15) is 0 Å². The van der Waals surface area contributed by atoms with Crippen molar-refractivity contribution in [2.75, 3.05) is 13.2 Å². The van der Waals surface area contributed by atoms with E-state index < -0.39 is 58.8 Å². The molecule has 0 aromatic rings. The monoisotopic (exact) mass is 540 g/mol. The van der Waals surface area contributed by atoms with Gasteiger partial charge in [-0.05, 0) is 59.3 Å². The summed E-state index contributed by atoms with van der Waals surface area (Å²) in [5.41, 5.74) is -6.90. The van der Waals surface area contributed by atoms with Gasteiger partial charge < -0.3 is 23.7 Å². The van der Waals surface area contributed by atoms with Crippen LogP contribution in [-0.4, -0.2) is 60.5 Å². The lowest BCUT2D eigenvalue weighted by atomic mass is 9.71. The van der Waals surface area contributed by atoms with Gasteiger partial charge in [0.05, 0.1) is 19.3 Å². The predicted molar refractivity (Wildman–Crippen MR) is 138 cm³/mol. The van der Waals surface area contributed by atoms with Crippen molar-refractivity contribution in [2.24, 2.45) is 11.3 Å². The van der Waals surface area contributed by atoms with Gasteiger partial charge in [-0.15, -0.1) is 0 Å². The summed E-state index contributed by atoms with van der Waals surface area (Å²) < 4.78 is 27.3. The van der Waals surface area contributed by atoms with Gasteiger partial charge in [0, 0.05) is 12.0 Å². The number of carbonyl (C=O) groups is 4. The van der Waals surface area contributed by atoms with E-state index in [1.165, 1.54) is 0 Å². The molecule has 38 heavy (non-hydrogen) atoms. The van der Waals surface area contributed by atoms with Crippen molar-refractivity contribution < 1.29 is 47.7 Å². The molecule has 0 N–H and O–H groups in total. The molecular formula is C28H44O10. The quantitative estimate of drug-likeness (QED) is 0.105. The molecule has 0 radical (unpaired) electrons. The number of ether oxygens (including phenoxy) is 5. The Morgan fingerprint density at radius 2 is 1.61 bits per heavy atom. The minimum absolute atomic E-state index is 0.0226. The maximum Gasteiger partial charge on any atom is 0.509 e. The zero-order valence-electron chi connectivity index (χ0n) is 24.1. The Kier molecular flexibility index (Phi) is 12.5. The van der Waals surface area contributed by atoms with Crippen molar-refractivity contribution in [3.8, 4) is 0 Å². The molecule has 1 aliphatic rings. The zero-order chi connectivity index (χ0) is 29.1. The van der Waals surface area contributed by atoms with Gasteiger partial charge in [0.15, 0.2) is 0 Å². The number of esters is 3. The molecule has 1 aliphatic carbocycles. The van der Waals surface area contributed by atoms with Crippen LogP contribution in [0.3, 0.4) is 0 Å². The Hall–Kier alpha value is -2.87. The highest BCUT2D eigenvalue weighted by atomic mass is 16.7. The summed E-state index contributed by atoms with van der Waals surface area (Å²) in [6.07, 6.45) is 0.357. The molecule has 10 heteroatoms. The molecule has 1 saturated carbocycles. The van der Waals surface area contributed by atoms with Crippen LogP contribution in [0.15, 0.2) is 5.57 Å². The Labute approximate surface area is 225 Å². The summed E-state index contributed by atoms with van der Waals surface area (Å²) in [6, 6.07) is 0. The largest absolute Gasteiger partial charge is 0.509 e. The van der Waals surface area contributed by atoms with E-state index in [1.807, 2.05) is 20.8 Å². The van der Waals surface area contributed by atoms with E-state index in [1.54, 1.807) is 40.6 Å². The van der Waals surface area contributed by atoms with Gasteiger partial charge in [-0.25, -0.2) is 14.4 Å². The summed E-state index contributed by atoms with van der Waals surface area (Å²) in [5, 5.41) is 0. The predicted octanol–water partition coefficient (Wildman–Crippen LogP) is 4.88. The fourth-order valence-electron chi connectivity index (χ4n) is 4.02. The first-order valence-electron chi connectivity index (χ1n) is 13.4. The van der Waals surface area contributed by atoms with Crippen LogP contribution in [0.5, 0.6) is 0 Å². The first-order valence-corrected chi connectivity index (χ1v) is 13.4. The van der Waals surface area contributed by atoms with Crippen LogP contribution in [0, 0.1) is 11.3 Å². The number of hydrogen-bond donors (Lipinski definition) is 0. The third-order valence-corrected chi connectivity index (χ3v) is 6.29. The third kappa shape index (κ3) is 7.82. The Balaban J connectivity index is 3.78. The van der Waals surface area contributed by atoms with E-state index >= 15 is 0 Å². The Morgan fingerprint density at radius 3 is 2.13 bits per heavy atom. The SMILES string of the molecule is CCCCCOC(=O)C1(OC(=O)OCCC(C)C)CCC(=C=O)C1(C(=O)OC(C)CC)C(=O)OC(C)(C)C. The molecule has 10 nitrogen and oxygen atoms in total. The van der Waals surface area contributed by atoms with Gasteiger partial charge in [0.1, 0.15) is 11.5 Å². The molecule has 3 unspecified atom stereocenters. The lowest BCUT2D eigenvalue weighted by Crippen LogP contribution is -2.64. The van der Waals surface area contributed by atoms with E-state index in [9.17, 15) is 24.0 Å². The molecular weight excluding hydrogens is 496 g/mol. The maximum absolute atomic E-state index is 13.9. The van der Waals surface area contributed by atoms with Crippen LogP contribution in [0.4, 0.5) is 4.79 Å². The number of hydrogen-bond acceptors (Lipinski definition) is 10. The van der Waals surface area contributed by atoms with Crippen molar-refractivity contribution in [3.63, 3.8) is 0 Å². The lowest BCUT2D eigenvalue weighted by Gasteiger charge is -2.40. The fourth-order valence-corrected chi connectivity index (χ4v) is 4.02. The number of rotatable bonds is 13. The van der Waals surface area contributed by atoms with Crippen LogP contribution >= 0.6 is 0 Å². The molecule has 0 heterocycles. The summed E-state index contributed by atoms with van der Waals surface area (Å²) >= 11 is 0. The molecule has 0 aromatic carbocycles. The highest BCUT2D eigenvalue weighted by molar-refractivity contribution is 6.13. The summed E-state index contributed by atoms with van der Waals surface area (Å²) in [4.78, 5) is 66.6. The normalized spacial score (nSPS) is 21.9. The first-order chi connectivity index (χ1) is 17.7. The van der Waals surface area contributed by atoms with Crippen molar-refractivity contribution in [1.29, 1.82) is 0 Å². The van der Waals surface area contributed by atoms with Gasteiger partial charge >= 0.3 is 24.1 Å². The van der Waals surface area contributed by atoms with Crippen molar-refractivity contribution in [1.82, 2.24) is 0 Å². The van der Waals surface area contributed by atoms with Gasteiger partial charge in [0.25, 0.3) is 0 Å². The highest BCUT2D eigenvalue weighted by Gasteiger charge is 2.77. The van der Waals surface area contributed by atoms with Crippen molar-refractivity contribution >= 4 is 30.0 Å². The molecule has 0 amide bonds. The van der Waals surface area contributed by atoms with Crippen LogP contribution in [0.25, 0.3) is 0 Å². The van der Waals surface area contributed by atoms with Crippen LogP contribution in [-0.2, 0) is 42.9 Å². The zero-order valence-corrected chi connectivity index (χ0v) is 24.1.